The van der Waals surface area contributed by atoms with Crippen LogP contribution in [0.15, 0.2) is 29.4 Å². The minimum Gasteiger partial charge on any atom is -0.341 e. The number of halogens is 1. The second kappa shape index (κ2) is 7.43. The molecule has 0 bridgehead atoms. The third-order valence-electron chi connectivity index (χ3n) is 4.29. The van der Waals surface area contributed by atoms with Crippen molar-refractivity contribution in [3.05, 3.63) is 30.1 Å². The van der Waals surface area contributed by atoms with Crippen LogP contribution in [-0.2, 0) is 4.79 Å². The van der Waals surface area contributed by atoms with E-state index in [9.17, 15) is 9.18 Å². The maximum atomic E-state index is 13.4. The van der Waals surface area contributed by atoms with Crippen LogP contribution < -0.4 is 5.84 Å². The van der Waals surface area contributed by atoms with Crippen molar-refractivity contribution in [3.8, 4) is 11.4 Å². The Balaban J connectivity index is 1.65. The van der Waals surface area contributed by atoms with E-state index < -0.39 is 0 Å². The Bertz CT molecular complexity index is 755. The molecule has 0 spiro atoms. The molecule has 2 aromatic rings. The summed E-state index contributed by atoms with van der Waals surface area (Å²) < 4.78 is 14.7. The first kappa shape index (κ1) is 17.7. The van der Waals surface area contributed by atoms with Crippen LogP contribution >= 0.6 is 11.8 Å². The number of thioether (sulfide) groups is 1. The number of piperidine rings is 1. The summed E-state index contributed by atoms with van der Waals surface area (Å²) in [5.74, 6) is 7.42. The van der Waals surface area contributed by atoms with E-state index in [2.05, 4.69) is 24.0 Å². The highest BCUT2D eigenvalue weighted by Crippen LogP contribution is 2.24. The number of hydrogen-bond acceptors (Lipinski definition) is 5. The highest BCUT2D eigenvalue weighted by molar-refractivity contribution is 7.99. The van der Waals surface area contributed by atoms with Crippen LogP contribution in [0.4, 0.5) is 4.39 Å². The maximum absolute atomic E-state index is 13.4. The van der Waals surface area contributed by atoms with E-state index in [0.717, 1.165) is 19.5 Å². The van der Waals surface area contributed by atoms with E-state index in [1.54, 1.807) is 12.1 Å². The van der Waals surface area contributed by atoms with E-state index in [0.29, 0.717) is 28.4 Å². The van der Waals surface area contributed by atoms with Gasteiger partial charge in [-0.15, -0.1) is 10.2 Å². The molecule has 0 unspecified atom stereocenters. The summed E-state index contributed by atoms with van der Waals surface area (Å²) in [5, 5.41) is 8.48. The summed E-state index contributed by atoms with van der Waals surface area (Å²) in [4.78, 5) is 14.4. The predicted molar refractivity (Wildman–Crippen MR) is 95.8 cm³/mol. The molecule has 1 aliphatic heterocycles. The maximum Gasteiger partial charge on any atom is 0.233 e. The van der Waals surface area contributed by atoms with Crippen molar-refractivity contribution in [3.63, 3.8) is 0 Å². The van der Waals surface area contributed by atoms with E-state index in [1.165, 1.54) is 28.6 Å². The number of aromatic nitrogens is 3. The monoisotopic (exact) mass is 363 g/mol. The molecule has 1 aromatic carbocycles. The van der Waals surface area contributed by atoms with Gasteiger partial charge in [0.1, 0.15) is 5.82 Å². The van der Waals surface area contributed by atoms with Gasteiger partial charge in [0, 0.05) is 18.7 Å². The van der Waals surface area contributed by atoms with E-state index >= 15 is 0 Å². The van der Waals surface area contributed by atoms with Crippen LogP contribution in [0, 0.1) is 17.7 Å². The van der Waals surface area contributed by atoms with Crippen LogP contribution in [-0.4, -0.2) is 44.5 Å². The highest BCUT2D eigenvalue weighted by Gasteiger charge is 2.25. The largest absolute Gasteiger partial charge is 0.341 e. The lowest BCUT2D eigenvalue weighted by molar-refractivity contribution is -0.130. The van der Waals surface area contributed by atoms with Gasteiger partial charge in [-0.1, -0.05) is 37.7 Å². The molecule has 0 radical (unpaired) electrons. The molecule has 2 N–H and O–H groups in total. The number of hydrogen-bond donors (Lipinski definition) is 1. The van der Waals surface area contributed by atoms with Gasteiger partial charge >= 0.3 is 0 Å². The molecule has 0 saturated carbocycles. The number of carbonyl (C=O) groups is 1. The summed E-state index contributed by atoms with van der Waals surface area (Å²) in [7, 11) is 0. The average Bonchev–Trinajstić information content (AvgIpc) is 2.92. The smallest absolute Gasteiger partial charge is 0.233 e. The predicted octanol–water partition coefficient (Wildman–Crippen LogP) is 2.39. The molecular formula is C17H22FN5OS. The molecule has 1 aliphatic rings. The number of rotatable bonds is 4. The van der Waals surface area contributed by atoms with Crippen molar-refractivity contribution in [2.45, 2.75) is 25.4 Å². The molecule has 1 amide bonds. The van der Waals surface area contributed by atoms with Gasteiger partial charge in [-0.2, -0.15) is 0 Å². The van der Waals surface area contributed by atoms with Gasteiger partial charge in [-0.3, -0.25) is 4.79 Å². The van der Waals surface area contributed by atoms with Crippen molar-refractivity contribution >= 4 is 17.7 Å². The molecule has 1 aromatic heterocycles. The number of likely N-dealkylation sites (tertiary alicyclic amines) is 1. The zero-order valence-corrected chi connectivity index (χ0v) is 15.2. The van der Waals surface area contributed by atoms with Crippen LogP contribution in [0.2, 0.25) is 0 Å². The lowest BCUT2D eigenvalue weighted by atomic mass is 9.92. The second-order valence-electron chi connectivity index (χ2n) is 6.72. The number of nitrogens with zero attached hydrogens (tertiary/aromatic N) is 4. The Kier molecular flexibility index (Phi) is 5.27. The van der Waals surface area contributed by atoms with Crippen LogP contribution in [0.3, 0.4) is 0 Å². The number of benzene rings is 1. The van der Waals surface area contributed by atoms with Gasteiger partial charge in [0.15, 0.2) is 5.82 Å². The molecular weight excluding hydrogens is 341 g/mol. The molecule has 6 nitrogen and oxygen atoms in total. The van der Waals surface area contributed by atoms with Crippen LogP contribution in [0.5, 0.6) is 0 Å². The van der Waals surface area contributed by atoms with Gasteiger partial charge in [0.05, 0.1) is 5.75 Å². The van der Waals surface area contributed by atoms with Crippen LogP contribution in [0.1, 0.15) is 20.3 Å². The van der Waals surface area contributed by atoms with Crippen molar-refractivity contribution in [1.29, 1.82) is 0 Å². The number of carbonyl (C=O) groups excluding carboxylic acids is 1. The first-order valence-corrected chi connectivity index (χ1v) is 9.29. The van der Waals surface area contributed by atoms with Gasteiger partial charge < -0.3 is 10.7 Å². The normalized spacial score (nSPS) is 20.7. The third-order valence-corrected chi connectivity index (χ3v) is 5.22. The Morgan fingerprint density at radius 3 is 2.72 bits per heavy atom. The topological polar surface area (TPSA) is 77.0 Å². The fourth-order valence-electron chi connectivity index (χ4n) is 3.28. The molecule has 3 rings (SSSR count). The summed E-state index contributed by atoms with van der Waals surface area (Å²) in [5.41, 5.74) is 0.548. The van der Waals surface area contributed by atoms with E-state index in [4.69, 9.17) is 5.84 Å². The molecule has 134 valence electrons. The Morgan fingerprint density at radius 2 is 2.04 bits per heavy atom. The molecule has 0 aliphatic carbocycles. The first-order valence-electron chi connectivity index (χ1n) is 8.31. The Morgan fingerprint density at radius 1 is 1.32 bits per heavy atom. The Hall–Kier alpha value is -2.09. The molecule has 8 heteroatoms. The third kappa shape index (κ3) is 4.12. The summed E-state index contributed by atoms with van der Waals surface area (Å²) in [6, 6.07) is 6.01. The van der Waals surface area contributed by atoms with Gasteiger partial charge in [0.2, 0.25) is 11.1 Å². The molecule has 25 heavy (non-hydrogen) atoms. The van der Waals surface area contributed by atoms with Crippen molar-refractivity contribution < 1.29 is 9.18 Å². The zero-order chi connectivity index (χ0) is 18.0. The van der Waals surface area contributed by atoms with Crippen molar-refractivity contribution in [2.24, 2.45) is 11.8 Å². The fraction of sp³-hybridized carbons (Fsp3) is 0.471. The average molecular weight is 363 g/mol. The van der Waals surface area contributed by atoms with E-state index in [1.807, 2.05) is 4.90 Å². The summed E-state index contributed by atoms with van der Waals surface area (Å²) in [6.07, 6.45) is 1.16. The number of nitrogen functional groups attached to an aromatic ring is 1. The quantitative estimate of drug-likeness (QED) is 0.667. The molecule has 2 heterocycles. The lowest BCUT2D eigenvalue weighted by Gasteiger charge is -2.34. The first-order chi connectivity index (χ1) is 11.9. The molecule has 2 atom stereocenters. The molecule has 1 saturated heterocycles. The minimum absolute atomic E-state index is 0.0821. The lowest BCUT2D eigenvalue weighted by Crippen LogP contribution is -2.43. The zero-order valence-electron chi connectivity index (χ0n) is 14.4. The number of amides is 1. The minimum atomic E-state index is -0.363. The van der Waals surface area contributed by atoms with Crippen molar-refractivity contribution in [1.82, 2.24) is 19.8 Å². The summed E-state index contributed by atoms with van der Waals surface area (Å²) >= 11 is 1.25. The van der Waals surface area contributed by atoms with Gasteiger partial charge in [0.25, 0.3) is 0 Å². The van der Waals surface area contributed by atoms with Gasteiger partial charge in [-0.25, -0.2) is 9.07 Å². The van der Waals surface area contributed by atoms with Crippen molar-refractivity contribution in [2.75, 3.05) is 24.7 Å². The summed E-state index contributed by atoms with van der Waals surface area (Å²) in [6.45, 7) is 5.94. The SMILES string of the molecule is C[C@H]1C[C@H](C)CN(C(=O)CSc2nnc(-c3cccc(F)c3)n2N)C1. The highest BCUT2D eigenvalue weighted by atomic mass is 32.2. The Labute approximate surface area is 150 Å². The standard InChI is InChI=1S/C17H22FN5OS/c1-11-6-12(2)9-22(8-11)15(24)10-25-17-21-20-16(23(17)19)13-4-3-5-14(18)7-13/h3-5,7,11-12H,6,8-10,19H2,1-2H3/t11-,12-/m0/s1. The fourth-order valence-corrected chi connectivity index (χ4v) is 4.04. The molecule has 1 fully saturated rings. The van der Waals surface area contributed by atoms with E-state index in [-0.39, 0.29) is 17.5 Å². The van der Waals surface area contributed by atoms with Crippen LogP contribution in [0.25, 0.3) is 11.4 Å². The van der Waals surface area contributed by atoms with Gasteiger partial charge in [-0.05, 0) is 30.4 Å². The number of nitrogens with two attached hydrogens (primary N) is 1. The second-order valence-corrected chi connectivity index (χ2v) is 7.66.